The summed E-state index contributed by atoms with van der Waals surface area (Å²) < 4.78 is 0. The van der Waals surface area contributed by atoms with Gasteiger partial charge in [-0.25, -0.2) is 0 Å². The van der Waals surface area contributed by atoms with E-state index < -0.39 is 0 Å². The van der Waals surface area contributed by atoms with Crippen molar-refractivity contribution in [1.29, 1.82) is 0 Å². The predicted molar refractivity (Wildman–Crippen MR) is 81.9 cm³/mol. The summed E-state index contributed by atoms with van der Waals surface area (Å²) in [6.45, 7) is 0.836. The Morgan fingerprint density at radius 1 is 1.09 bits per heavy atom. The summed E-state index contributed by atoms with van der Waals surface area (Å²) in [5.74, 6) is -0.372. The van der Waals surface area contributed by atoms with Crippen LogP contribution in [0.25, 0.3) is 6.08 Å². The van der Waals surface area contributed by atoms with Crippen LogP contribution in [0.15, 0.2) is 30.3 Å². The molecule has 22 heavy (non-hydrogen) atoms. The number of benzene rings is 1. The Hall–Kier alpha value is -2.14. The van der Waals surface area contributed by atoms with E-state index >= 15 is 0 Å². The van der Waals surface area contributed by atoms with Crippen molar-refractivity contribution >= 4 is 35.4 Å². The van der Waals surface area contributed by atoms with E-state index in [2.05, 4.69) is 0 Å². The van der Waals surface area contributed by atoms with E-state index in [0.29, 0.717) is 31.0 Å². The molecule has 0 aliphatic carbocycles. The third-order valence-electron chi connectivity index (χ3n) is 3.92. The average Bonchev–Trinajstić information content (AvgIpc) is 2.77. The van der Waals surface area contributed by atoms with Crippen LogP contribution in [0.4, 0.5) is 0 Å². The molecule has 0 radical (unpaired) electrons. The lowest BCUT2D eigenvalue weighted by Crippen LogP contribution is -2.61. The lowest BCUT2D eigenvalue weighted by atomic mass is 10.1. The van der Waals surface area contributed by atoms with Crippen molar-refractivity contribution in [3.63, 3.8) is 0 Å². The minimum absolute atomic E-state index is 0.120. The maximum atomic E-state index is 12.0. The number of halogens is 1. The highest BCUT2D eigenvalue weighted by Gasteiger charge is 2.42. The summed E-state index contributed by atoms with van der Waals surface area (Å²) in [6.07, 6.45) is 3.80. The molecule has 1 aromatic carbocycles. The van der Waals surface area contributed by atoms with Gasteiger partial charge in [-0.1, -0.05) is 23.7 Å². The smallest absolute Gasteiger partial charge is 0.246 e. The zero-order valence-corrected chi connectivity index (χ0v) is 12.6. The van der Waals surface area contributed by atoms with Crippen LogP contribution in [-0.4, -0.2) is 46.7 Å². The molecule has 0 atom stereocenters. The third-order valence-corrected chi connectivity index (χ3v) is 4.17. The molecule has 0 aromatic heterocycles. The molecule has 0 saturated carbocycles. The largest absolute Gasteiger partial charge is 0.335 e. The van der Waals surface area contributed by atoms with Crippen molar-refractivity contribution in [2.75, 3.05) is 13.1 Å². The zero-order valence-electron chi connectivity index (χ0n) is 11.9. The summed E-state index contributed by atoms with van der Waals surface area (Å²) >= 11 is 5.80. The molecular weight excluding hydrogens is 304 g/mol. The fourth-order valence-corrected chi connectivity index (χ4v) is 2.77. The molecule has 1 aromatic rings. The molecule has 2 fully saturated rings. The van der Waals surface area contributed by atoms with Crippen LogP contribution in [-0.2, 0) is 14.4 Å². The highest BCUT2D eigenvalue weighted by molar-refractivity contribution is 6.30. The van der Waals surface area contributed by atoms with Gasteiger partial charge < -0.3 is 4.90 Å². The van der Waals surface area contributed by atoms with Gasteiger partial charge in [0.1, 0.15) is 0 Å². The number of carbonyl (C=O) groups excluding carboxylic acids is 3. The molecule has 0 spiro atoms. The van der Waals surface area contributed by atoms with E-state index in [9.17, 15) is 14.4 Å². The summed E-state index contributed by atoms with van der Waals surface area (Å²) in [6, 6.07) is 7.01. The Morgan fingerprint density at radius 2 is 1.68 bits per heavy atom. The number of rotatable bonds is 3. The molecule has 3 amide bonds. The minimum Gasteiger partial charge on any atom is -0.335 e. The molecule has 2 aliphatic heterocycles. The maximum absolute atomic E-state index is 12.0. The van der Waals surface area contributed by atoms with E-state index in [1.807, 2.05) is 12.1 Å². The molecule has 0 unspecified atom stereocenters. The lowest BCUT2D eigenvalue weighted by Gasteiger charge is -2.42. The highest BCUT2D eigenvalue weighted by atomic mass is 35.5. The monoisotopic (exact) mass is 318 g/mol. The molecule has 114 valence electrons. The Balaban J connectivity index is 1.54. The van der Waals surface area contributed by atoms with Crippen molar-refractivity contribution < 1.29 is 14.4 Å². The van der Waals surface area contributed by atoms with Crippen LogP contribution in [0.3, 0.4) is 0 Å². The fraction of sp³-hybridized carbons (Fsp3) is 0.312. The first-order valence-corrected chi connectivity index (χ1v) is 7.50. The summed E-state index contributed by atoms with van der Waals surface area (Å²) in [7, 11) is 0. The van der Waals surface area contributed by atoms with Gasteiger partial charge in [-0.3, -0.25) is 19.3 Å². The van der Waals surface area contributed by atoms with Crippen LogP contribution in [0.5, 0.6) is 0 Å². The number of carbonyl (C=O) groups is 3. The summed E-state index contributed by atoms with van der Waals surface area (Å²) in [4.78, 5) is 38.2. The van der Waals surface area contributed by atoms with Crippen LogP contribution < -0.4 is 0 Å². The van der Waals surface area contributed by atoms with Crippen molar-refractivity contribution in [3.8, 4) is 0 Å². The standard InChI is InChI=1S/C16H15ClN2O3/c17-12-4-1-11(2-5-12)3-6-14(20)18-9-13(10-18)19-15(21)7-8-16(19)22/h1-6,13H,7-10H2/b6-3+. The number of hydrogen-bond donors (Lipinski definition) is 0. The molecule has 0 N–H and O–H groups in total. The Bertz CT molecular complexity index is 632. The van der Waals surface area contributed by atoms with Crippen LogP contribution in [0.2, 0.25) is 5.02 Å². The van der Waals surface area contributed by atoms with Crippen LogP contribution in [0.1, 0.15) is 18.4 Å². The minimum atomic E-state index is -0.157. The normalized spacial score (nSPS) is 19.1. The SMILES string of the molecule is O=C(/C=C/c1ccc(Cl)cc1)N1CC(N2C(=O)CCC2=O)C1. The third kappa shape index (κ3) is 2.90. The Labute approximate surface area is 133 Å². The van der Waals surface area contributed by atoms with Crippen molar-refractivity contribution in [2.45, 2.75) is 18.9 Å². The molecule has 2 aliphatic rings. The summed E-state index contributed by atoms with van der Waals surface area (Å²) in [5.41, 5.74) is 0.889. The first kappa shape index (κ1) is 14.8. The summed E-state index contributed by atoms with van der Waals surface area (Å²) in [5, 5.41) is 0.647. The van der Waals surface area contributed by atoms with E-state index in [0.717, 1.165) is 5.56 Å². The highest BCUT2D eigenvalue weighted by Crippen LogP contribution is 2.22. The van der Waals surface area contributed by atoms with E-state index in [-0.39, 0.29) is 23.8 Å². The lowest BCUT2D eigenvalue weighted by molar-refractivity contribution is -0.149. The van der Waals surface area contributed by atoms with Gasteiger partial charge in [0.2, 0.25) is 17.7 Å². The quantitative estimate of drug-likeness (QED) is 0.630. The topological polar surface area (TPSA) is 57.7 Å². The number of likely N-dealkylation sites (tertiary alicyclic amines) is 2. The molecule has 2 saturated heterocycles. The molecular formula is C16H15ClN2O3. The van der Waals surface area contributed by atoms with Crippen molar-refractivity contribution in [1.82, 2.24) is 9.80 Å². The zero-order chi connectivity index (χ0) is 15.7. The van der Waals surface area contributed by atoms with E-state index in [1.54, 1.807) is 23.1 Å². The van der Waals surface area contributed by atoms with Crippen molar-refractivity contribution in [2.24, 2.45) is 0 Å². The van der Waals surface area contributed by atoms with Crippen LogP contribution in [0, 0.1) is 0 Å². The van der Waals surface area contributed by atoms with Gasteiger partial charge in [-0.05, 0) is 23.8 Å². The van der Waals surface area contributed by atoms with Crippen LogP contribution >= 0.6 is 11.6 Å². The number of amides is 3. The van der Waals surface area contributed by atoms with Gasteiger partial charge in [-0.15, -0.1) is 0 Å². The van der Waals surface area contributed by atoms with Gasteiger partial charge in [0.15, 0.2) is 0 Å². The molecule has 3 rings (SSSR count). The number of imide groups is 1. The second kappa shape index (κ2) is 5.93. The van der Waals surface area contributed by atoms with Gasteiger partial charge in [0.25, 0.3) is 0 Å². The molecule has 6 heteroatoms. The average molecular weight is 319 g/mol. The first-order chi connectivity index (χ1) is 10.5. The van der Waals surface area contributed by atoms with E-state index in [1.165, 1.54) is 11.0 Å². The van der Waals surface area contributed by atoms with Gasteiger partial charge in [0, 0.05) is 37.0 Å². The number of nitrogens with zero attached hydrogens (tertiary/aromatic N) is 2. The Morgan fingerprint density at radius 3 is 2.27 bits per heavy atom. The second-order valence-corrected chi connectivity index (χ2v) is 5.88. The second-order valence-electron chi connectivity index (χ2n) is 5.44. The van der Waals surface area contributed by atoms with E-state index in [4.69, 9.17) is 11.6 Å². The first-order valence-electron chi connectivity index (χ1n) is 7.12. The predicted octanol–water partition coefficient (Wildman–Crippen LogP) is 1.71. The maximum Gasteiger partial charge on any atom is 0.246 e. The van der Waals surface area contributed by atoms with Gasteiger partial charge in [0.05, 0.1) is 6.04 Å². The molecule has 2 heterocycles. The number of hydrogen-bond acceptors (Lipinski definition) is 3. The molecule has 0 bridgehead atoms. The van der Waals surface area contributed by atoms with Gasteiger partial charge >= 0.3 is 0 Å². The fourth-order valence-electron chi connectivity index (χ4n) is 2.65. The Kier molecular flexibility index (Phi) is 3.98. The molecule has 5 nitrogen and oxygen atoms in total. The van der Waals surface area contributed by atoms with Gasteiger partial charge in [-0.2, -0.15) is 0 Å². The van der Waals surface area contributed by atoms with Crippen molar-refractivity contribution in [3.05, 3.63) is 40.9 Å².